The molecule has 2 aromatic carbocycles. The van der Waals surface area contributed by atoms with Gasteiger partial charge in [0.1, 0.15) is 5.52 Å². The minimum atomic E-state index is -0.510. The number of para-hydroxylation sites is 2. The van der Waals surface area contributed by atoms with Crippen LogP contribution in [0.2, 0.25) is 0 Å². The van der Waals surface area contributed by atoms with Gasteiger partial charge in [0.05, 0.1) is 16.4 Å². The Bertz CT molecular complexity index is 920. The predicted molar refractivity (Wildman–Crippen MR) is 102 cm³/mol. The first-order valence-corrected chi connectivity index (χ1v) is 9.43. The van der Waals surface area contributed by atoms with Gasteiger partial charge in [-0.25, -0.2) is 4.98 Å². The van der Waals surface area contributed by atoms with E-state index in [0.29, 0.717) is 25.4 Å². The molecule has 0 atom stereocenters. The summed E-state index contributed by atoms with van der Waals surface area (Å²) in [4.78, 5) is 26.7. The zero-order chi connectivity index (χ0) is 18.0. The van der Waals surface area contributed by atoms with Gasteiger partial charge in [0.2, 0.25) is 5.91 Å². The standard InChI is InChI=1S/C15H9Br2N3O4S/c16-9-5-8(20(22)23)6-10(17)14(9)19-13(21)7-25-15-18-11-3-1-2-4-12(11)24-15/h1-6H,7H2,(H,19,21). The Morgan fingerprint density at radius 3 is 2.60 bits per heavy atom. The first kappa shape index (κ1) is 17.9. The van der Waals surface area contributed by atoms with Crippen LogP contribution in [0, 0.1) is 10.1 Å². The highest BCUT2D eigenvalue weighted by Gasteiger charge is 2.16. The zero-order valence-electron chi connectivity index (χ0n) is 12.4. The van der Waals surface area contributed by atoms with Gasteiger partial charge in [-0.2, -0.15) is 0 Å². The number of amides is 1. The molecule has 0 aliphatic carbocycles. The van der Waals surface area contributed by atoms with Crippen LogP contribution in [0.4, 0.5) is 11.4 Å². The molecule has 3 aromatic rings. The molecule has 7 nitrogen and oxygen atoms in total. The van der Waals surface area contributed by atoms with Crippen molar-refractivity contribution in [2.24, 2.45) is 0 Å². The Labute approximate surface area is 162 Å². The molecular weight excluding hydrogens is 478 g/mol. The Kier molecular flexibility index (Phi) is 5.40. The maximum absolute atomic E-state index is 12.1. The number of rotatable bonds is 5. The molecule has 0 unspecified atom stereocenters. The maximum Gasteiger partial charge on any atom is 0.271 e. The van der Waals surface area contributed by atoms with Crippen molar-refractivity contribution in [3.05, 3.63) is 55.5 Å². The summed E-state index contributed by atoms with van der Waals surface area (Å²) in [6, 6.07) is 9.99. The zero-order valence-corrected chi connectivity index (χ0v) is 16.4. The highest BCUT2D eigenvalue weighted by Crippen LogP contribution is 2.35. The lowest BCUT2D eigenvalue weighted by Gasteiger charge is -2.09. The molecule has 0 fully saturated rings. The molecule has 0 saturated heterocycles. The van der Waals surface area contributed by atoms with Gasteiger partial charge >= 0.3 is 0 Å². The second kappa shape index (κ2) is 7.54. The number of hydrogen-bond acceptors (Lipinski definition) is 6. The van der Waals surface area contributed by atoms with Crippen LogP contribution in [-0.2, 0) is 4.79 Å². The van der Waals surface area contributed by atoms with Gasteiger partial charge in [-0.15, -0.1) is 0 Å². The van der Waals surface area contributed by atoms with Gasteiger partial charge in [-0.1, -0.05) is 23.9 Å². The Hall–Kier alpha value is -1.91. The summed E-state index contributed by atoms with van der Waals surface area (Å²) in [5, 5.41) is 13.9. The third kappa shape index (κ3) is 4.20. The fourth-order valence-electron chi connectivity index (χ4n) is 2.00. The van der Waals surface area contributed by atoms with Crippen LogP contribution < -0.4 is 5.32 Å². The first-order valence-electron chi connectivity index (χ1n) is 6.85. The molecule has 0 radical (unpaired) electrons. The van der Waals surface area contributed by atoms with Crippen molar-refractivity contribution in [3.8, 4) is 0 Å². The van der Waals surface area contributed by atoms with Gasteiger partial charge < -0.3 is 9.73 Å². The van der Waals surface area contributed by atoms with Crippen molar-refractivity contribution in [1.29, 1.82) is 0 Å². The topological polar surface area (TPSA) is 98.3 Å². The minimum absolute atomic E-state index is 0.0856. The third-order valence-corrected chi connectivity index (χ3v) is 5.18. The van der Waals surface area contributed by atoms with Gasteiger partial charge in [0.15, 0.2) is 5.58 Å². The summed E-state index contributed by atoms with van der Waals surface area (Å²) >= 11 is 7.62. The molecule has 25 heavy (non-hydrogen) atoms. The van der Waals surface area contributed by atoms with Crippen molar-refractivity contribution in [2.45, 2.75) is 5.22 Å². The summed E-state index contributed by atoms with van der Waals surface area (Å²) in [5.41, 5.74) is 1.73. The van der Waals surface area contributed by atoms with Crippen molar-refractivity contribution >= 4 is 72.0 Å². The smallest absolute Gasteiger partial charge is 0.271 e. The van der Waals surface area contributed by atoms with E-state index in [2.05, 4.69) is 42.2 Å². The van der Waals surface area contributed by atoms with Crippen molar-refractivity contribution < 1.29 is 14.1 Å². The molecule has 0 spiro atoms. The van der Waals surface area contributed by atoms with Crippen LogP contribution in [-0.4, -0.2) is 21.6 Å². The van der Waals surface area contributed by atoms with Gasteiger partial charge in [0, 0.05) is 21.1 Å². The number of thioether (sulfide) groups is 1. The number of anilines is 1. The van der Waals surface area contributed by atoms with Crippen LogP contribution in [0.15, 0.2) is 55.0 Å². The van der Waals surface area contributed by atoms with Crippen LogP contribution in [0.1, 0.15) is 0 Å². The van der Waals surface area contributed by atoms with Crippen molar-refractivity contribution in [1.82, 2.24) is 4.98 Å². The SMILES string of the molecule is O=C(CSc1nc2ccccc2o1)Nc1c(Br)cc([N+](=O)[O-])cc1Br. The number of nitrogens with one attached hydrogen (secondary N) is 1. The molecule has 1 aromatic heterocycles. The van der Waals surface area contributed by atoms with E-state index in [9.17, 15) is 14.9 Å². The van der Waals surface area contributed by atoms with E-state index >= 15 is 0 Å². The Balaban J connectivity index is 1.67. The van der Waals surface area contributed by atoms with E-state index in [1.54, 1.807) is 6.07 Å². The van der Waals surface area contributed by atoms with Crippen LogP contribution in [0.25, 0.3) is 11.1 Å². The molecule has 1 heterocycles. The van der Waals surface area contributed by atoms with E-state index in [4.69, 9.17) is 4.42 Å². The molecule has 0 aliphatic rings. The van der Waals surface area contributed by atoms with Gasteiger partial charge in [-0.3, -0.25) is 14.9 Å². The number of carbonyl (C=O) groups is 1. The molecule has 0 aliphatic heterocycles. The van der Waals surface area contributed by atoms with E-state index < -0.39 is 4.92 Å². The summed E-state index contributed by atoms with van der Waals surface area (Å²) in [7, 11) is 0. The number of aromatic nitrogens is 1. The molecule has 128 valence electrons. The predicted octanol–water partition coefficient (Wildman–Crippen LogP) is 4.99. The molecule has 0 saturated carbocycles. The van der Waals surface area contributed by atoms with E-state index in [1.807, 2.05) is 18.2 Å². The fraction of sp³-hybridized carbons (Fsp3) is 0.0667. The number of oxazole rings is 1. The number of nitro benzene ring substituents is 1. The summed E-state index contributed by atoms with van der Waals surface area (Å²) < 4.78 is 6.36. The third-order valence-electron chi connectivity index (χ3n) is 3.10. The molecule has 0 bridgehead atoms. The lowest BCUT2D eigenvalue weighted by Crippen LogP contribution is -2.15. The molecule has 3 rings (SSSR count). The number of benzene rings is 2. The Morgan fingerprint density at radius 1 is 1.28 bits per heavy atom. The van der Waals surface area contributed by atoms with Crippen LogP contribution in [0.5, 0.6) is 0 Å². The average molecular weight is 487 g/mol. The number of nitro groups is 1. The monoisotopic (exact) mass is 485 g/mol. The normalized spacial score (nSPS) is 10.8. The molecule has 10 heteroatoms. The average Bonchev–Trinajstić information content (AvgIpc) is 2.99. The van der Waals surface area contributed by atoms with Crippen molar-refractivity contribution in [3.63, 3.8) is 0 Å². The minimum Gasteiger partial charge on any atom is -0.431 e. The summed E-state index contributed by atoms with van der Waals surface area (Å²) in [5.74, 6) is -0.203. The number of halogens is 2. The van der Waals surface area contributed by atoms with E-state index in [1.165, 1.54) is 12.1 Å². The number of carbonyl (C=O) groups excluding carboxylic acids is 1. The Morgan fingerprint density at radius 2 is 1.96 bits per heavy atom. The fourth-order valence-corrected chi connectivity index (χ4v) is 4.00. The number of non-ortho nitro benzene ring substituents is 1. The summed E-state index contributed by atoms with van der Waals surface area (Å²) in [6.45, 7) is 0. The van der Waals surface area contributed by atoms with Crippen LogP contribution in [0.3, 0.4) is 0 Å². The largest absolute Gasteiger partial charge is 0.431 e. The maximum atomic E-state index is 12.1. The second-order valence-electron chi connectivity index (χ2n) is 4.83. The van der Waals surface area contributed by atoms with E-state index in [-0.39, 0.29) is 17.3 Å². The first-order chi connectivity index (χ1) is 11.9. The van der Waals surface area contributed by atoms with Gasteiger partial charge in [0.25, 0.3) is 10.9 Å². The van der Waals surface area contributed by atoms with E-state index in [0.717, 1.165) is 17.3 Å². The summed E-state index contributed by atoms with van der Waals surface area (Å²) in [6.07, 6.45) is 0. The number of hydrogen-bond donors (Lipinski definition) is 1. The number of nitrogens with zero attached hydrogens (tertiary/aromatic N) is 2. The molecule has 1 N–H and O–H groups in total. The lowest BCUT2D eigenvalue weighted by molar-refractivity contribution is -0.385. The number of fused-ring (bicyclic) bond motifs is 1. The van der Waals surface area contributed by atoms with Crippen molar-refractivity contribution in [2.75, 3.05) is 11.1 Å². The molecular formula is C15H9Br2N3O4S. The lowest BCUT2D eigenvalue weighted by atomic mass is 10.3. The highest BCUT2D eigenvalue weighted by atomic mass is 79.9. The molecule has 1 amide bonds. The highest BCUT2D eigenvalue weighted by molar-refractivity contribution is 9.11. The van der Waals surface area contributed by atoms with Gasteiger partial charge in [-0.05, 0) is 44.0 Å². The quantitative estimate of drug-likeness (QED) is 0.310. The second-order valence-corrected chi connectivity index (χ2v) is 7.46. The van der Waals surface area contributed by atoms with Crippen LogP contribution >= 0.6 is 43.6 Å².